The number of carbonyl (C=O) groups is 2. The summed E-state index contributed by atoms with van der Waals surface area (Å²) in [6.07, 6.45) is 0.797. The molecule has 1 amide bonds. The predicted molar refractivity (Wildman–Crippen MR) is 111 cm³/mol. The molecule has 0 saturated carbocycles. The molecule has 0 spiro atoms. The number of esters is 1. The van der Waals surface area contributed by atoms with Gasteiger partial charge in [0.1, 0.15) is 6.04 Å². The molecular formula is C22H35N3O3. The fraction of sp³-hybridized carbons (Fsp3) is 0.636. The van der Waals surface area contributed by atoms with E-state index in [-0.39, 0.29) is 23.3 Å². The highest BCUT2D eigenvalue weighted by molar-refractivity contribution is 5.85. The molecule has 1 N–H and O–H groups in total. The molecule has 1 fully saturated rings. The molecule has 6 heteroatoms. The van der Waals surface area contributed by atoms with Crippen molar-refractivity contribution in [1.82, 2.24) is 15.1 Å². The zero-order chi connectivity index (χ0) is 20.7. The summed E-state index contributed by atoms with van der Waals surface area (Å²) >= 11 is 0. The van der Waals surface area contributed by atoms with Gasteiger partial charge in [0, 0.05) is 31.7 Å². The molecule has 1 aromatic carbocycles. The van der Waals surface area contributed by atoms with Crippen LogP contribution in [0.1, 0.15) is 39.7 Å². The number of nitrogens with one attached hydrogen (secondary N) is 1. The molecule has 1 aliphatic rings. The SMILES string of the molecule is CCC(C)C(NC(=O)CN1CCN(Cc2ccccc2)C(C)(C)C1)C(=O)OC. The number of benzene rings is 1. The highest BCUT2D eigenvalue weighted by Gasteiger charge is 2.35. The Kier molecular flexibility index (Phi) is 8.01. The molecule has 1 heterocycles. The molecule has 0 bridgehead atoms. The van der Waals surface area contributed by atoms with Crippen LogP contribution in [0.5, 0.6) is 0 Å². The van der Waals surface area contributed by atoms with Gasteiger partial charge in [0.05, 0.1) is 13.7 Å². The van der Waals surface area contributed by atoms with Gasteiger partial charge in [-0.05, 0) is 25.3 Å². The van der Waals surface area contributed by atoms with Crippen LogP contribution in [-0.2, 0) is 20.9 Å². The van der Waals surface area contributed by atoms with E-state index in [1.807, 2.05) is 19.9 Å². The number of hydrogen-bond donors (Lipinski definition) is 1. The number of nitrogens with zero attached hydrogens (tertiary/aromatic N) is 2. The van der Waals surface area contributed by atoms with Crippen LogP contribution in [0.4, 0.5) is 0 Å². The summed E-state index contributed by atoms with van der Waals surface area (Å²) < 4.78 is 4.86. The lowest BCUT2D eigenvalue weighted by Gasteiger charge is -2.47. The highest BCUT2D eigenvalue weighted by Crippen LogP contribution is 2.23. The van der Waals surface area contributed by atoms with Crippen molar-refractivity contribution in [2.24, 2.45) is 5.92 Å². The van der Waals surface area contributed by atoms with Gasteiger partial charge in [-0.2, -0.15) is 0 Å². The lowest BCUT2D eigenvalue weighted by molar-refractivity contribution is -0.146. The van der Waals surface area contributed by atoms with Gasteiger partial charge >= 0.3 is 5.97 Å². The summed E-state index contributed by atoms with van der Waals surface area (Å²) in [5, 5.41) is 2.88. The van der Waals surface area contributed by atoms with Crippen molar-refractivity contribution in [2.45, 2.75) is 52.2 Å². The maximum Gasteiger partial charge on any atom is 0.328 e. The Balaban J connectivity index is 1.91. The molecule has 2 rings (SSSR count). The van der Waals surface area contributed by atoms with E-state index in [9.17, 15) is 9.59 Å². The minimum absolute atomic E-state index is 0.0349. The lowest BCUT2D eigenvalue weighted by atomic mass is 9.97. The van der Waals surface area contributed by atoms with E-state index in [0.29, 0.717) is 6.54 Å². The zero-order valence-corrected chi connectivity index (χ0v) is 17.9. The molecule has 0 aliphatic carbocycles. The molecule has 1 saturated heterocycles. The van der Waals surface area contributed by atoms with E-state index < -0.39 is 6.04 Å². The van der Waals surface area contributed by atoms with Crippen molar-refractivity contribution in [3.63, 3.8) is 0 Å². The van der Waals surface area contributed by atoms with Gasteiger partial charge in [0.15, 0.2) is 0 Å². The number of hydrogen-bond acceptors (Lipinski definition) is 5. The maximum absolute atomic E-state index is 12.6. The second kappa shape index (κ2) is 10.0. The smallest absolute Gasteiger partial charge is 0.328 e. The van der Waals surface area contributed by atoms with Crippen molar-refractivity contribution >= 4 is 11.9 Å². The molecule has 1 aliphatic heterocycles. The molecular weight excluding hydrogens is 354 g/mol. The highest BCUT2D eigenvalue weighted by atomic mass is 16.5. The minimum atomic E-state index is -0.588. The van der Waals surface area contributed by atoms with E-state index in [1.54, 1.807) is 0 Å². The Morgan fingerprint density at radius 2 is 1.89 bits per heavy atom. The number of carbonyl (C=O) groups excluding carboxylic acids is 2. The van der Waals surface area contributed by atoms with E-state index in [1.165, 1.54) is 12.7 Å². The number of ether oxygens (including phenoxy) is 1. The van der Waals surface area contributed by atoms with E-state index in [4.69, 9.17) is 4.74 Å². The van der Waals surface area contributed by atoms with Crippen LogP contribution < -0.4 is 5.32 Å². The molecule has 1 aromatic rings. The third-order valence-corrected chi connectivity index (χ3v) is 5.72. The normalized spacial score (nSPS) is 19.6. The van der Waals surface area contributed by atoms with Crippen molar-refractivity contribution in [3.05, 3.63) is 35.9 Å². The second-order valence-corrected chi connectivity index (χ2v) is 8.38. The average molecular weight is 390 g/mol. The maximum atomic E-state index is 12.6. The van der Waals surface area contributed by atoms with Crippen LogP contribution >= 0.6 is 0 Å². The topological polar surface area (TPSA) is 61.9 Å². The number of methoxy groups -OCH3 is 1. The summed E-state index contributed by atoms with van der Waals surface area (Å²) in [7, 11) is 1.36. The average Bonchev–Trinajstić information content (AvgIpc) is 2.67. The Hall–Kier alpha value is -1.92. The zero-order valence-electron chi connectivity index (χ0n) is 17.9. The van der Waals surface area contributed by atoms with E-state index in [2.05, 4.69) is 53.2 Å². The van der Waals surface area contributed by atoms with Gasteiger partial charge in [-0.3, -0.25) is 14.6 Å². The van der Waals surface area contributed by atoms with Gasteiger partial charge in [0.2, 0.25) is 5.91 Å². The van der Waals surface area contributed by atoms with Crippen LogP contribution in [0.15, 0.2) is 30.3 Å². The minimum Gasteiger partial charge on any atom is -0.467 e. The molecule has 2 unspecified atom stereocenters. The molecule has 28 heavy (non-hydrogen) atoms. The van der Waals surface area contributed by atoms with Crippen LogP contribution in [-0.4, -0.2) is 66.5 Å². The Bertz CT molecular complexity index is 648. The summed E-state index contributed by atoms with van der Waals surface area (Å²) in [6, 6.07) is 9.88. The summed E-state index contributed by atoms with van der Waals surface area (Å²) in [5.74, 6) is -0.464. The predicted octanol–water partition coefficient (Wildman–Crippen LogP) is 2.29. The van der Waals surface area contributed by atoms with Crippen LogP contribution in [0.2, 0.25) is 0 Å². The largest absolute Gasteiger partial charge is 0.467 e. The van der Waals surface area contributed by atoms with Gasteiger partial charge in [0.25, 0.3) is 0 Å². The fourth-order valence-electron chi connectivity index (χ4n) is 3.74. The van der Waals surface area contributed by atoms with Crippen molar-refractivity contribution in [1.29, 1.82) is 0 Å². The van der Waals surface area contributed by atoms with E-state index in [0.717, 1.165) is 32.6 Å². The monoisotopic (exact) mass is 389 g/mol. The van der Waals surface area contributed by atoms with Crippen LogP contribution in [0.25, 0.3) is 0 Å². The van der Waals surface area contributed by atoms with Crippen molar-refractivity contribution in [3.8, 4) is 0 Å². The standard InChI is InChI=1S/C22H35N3O3/c1-6-17(2)20(21(27)28-5)23-19(26)15-24-12-13-25(22(3,4)16-24)14-18-10-8-7-9-11-18/h7-11,17,20H,6,12-16H2,1-5H3,(H,23,26). The summed E-state index contributed by atoms with van der Waals surface area (Å²) in [5.41, 5.74) is 1.27. The number of piperazine rings is 1. The van der Waals surface area contributed by atoms with Crippen LogP contribution in [0.3, 0.4) is 0 Å². The number of amides is 1. The molecule has 2 atom stereocenters. The van der Waals surface area contributed by atoms with Crippen molar-refractivity contribution in [2.75, 3.05) is 33.3 Å². The van der Waals surface area contributed by atoms with Gasteiger partial charge < -0.3 is 10.1 Å². The third kappa shape index (κ3) is 6.04. The van der Waals surface area contributed by atoms with E-state index >= 15 is 0 Å². The quantitative estimate of drug-likeness (QED) is 0.691. The first kappa shape index (κ1) is 22.4. The van der Waals surface area contributed by atoms with Gasteiger partial charge in [-0.25, -0.2) is 4.79 Å². The first-order valence-electron chi connectivity index (χ1n) is 10.2. The van der Waals surface area contributed by atoms with Gasteiger partial charge in [-0.15, -0.1) is 0 Å². The number of rotatable bonds is 8. The summed E-state index contributed by atoms with van der Waals surface area (Å²) in [6.45, 7) is 12.1. The fourth-order valence-corrected chi connectivity index (χ4v) is 3.74. The molecule has 0 aromatic heterocycles. The molecule has 6 nitrogen and oxygen atoms in total. The first-order chi connectivity index (χ1) is 13.3. The first-order valence-corrected chi connectivity index (χ1v) is 10.2. The van der Waals surface area contributed by atoms with Gasteiger partial charge in [-0.1, -0.05) is 50.6 Å². The Labute approximate surface area is 169 Å². The van der Waals surface area contributed by atoms with Crippen molar-refractivity contribution < 1.29 is 14.3 Å². The molecule has 156 valence electrons. The Morgan fingerprint density at radius 1 is 1.21 bits per heavy atom. The summed E-state index contributed by atoms with van der Waals surface area (Å²) in [4.78, 5) is 29.2. The third-order valence-electron chi connectivity index (χ3n) is 5.72. The second-order valence-electron chi connectivity index (χ2n) is 8.38. The Morgan fingerprint density at radius 3 is 2.46 bits per heavy atom. The van der Waals surface area contributed by atoms with Crippen LogP contribution in [0, 0.1) is 5.92 Å². The molecule has 0 radical (unpaired) electrons. The lowest BCUT2D eigenvalue weighted by Crippen LogP contribution is -2.60.